The zero-order valence-corrected chi connectivity index (χ0v) is 6.72. The summed E-state index contributed by atoms with van der Waals surface area (Å²) < 4.78 is 0. The molecule has 2 rings (SSSR count). The highest BCUT2D eigenvalue weighted by molar-refractivity contribution is 5.42. The van der Waals surface area contributed by atoms with E-state index in [1.807, 2.05) is 6.07 Å². The summed E-state index contributed by atoms with van der Waals surface area (Å²) in [5.41, 5.74) is 9.59. The number of aryl methyl sites for hydroxylation is 2. The molecule has 0 amide bonds. The van der Waals surface area contributed by atoms with Crippen molar-refractivity contribution in [2.24, 2.45) is 0 Å². The Morgan fingerprint density at radius 3 is 3.09 bits per heavy atom. The fraction of sp³-hybridized carbons (Fsp3) is 0.444. The van der Waals surface area contributed by atoms with Crippen LogP contribution in [0.25, 0.3) is 0 Å². The van der Waals surface area contributed by atoms with Gasteiger partial charge in [0.15, 0.2) is 0 Å². The Morgan fingerprint density at radius 1 is 1.45 bits per heavy atom. The van der Waals surface area contributed by atoms with Crippen LogP contribution in [0.1, 0.15) is 23.2 Å². The van der Waals surface area contributed by atoms with Crippen LogP contribution in [0.5, 0.6) is 0 Å². The summed E-state index contributed by atoms with van der Waals surface area (Å²) in [6, 6.07) is 1.96. The second kappa shape index (κ2) is 2.22. The average Bonchev–Trinajstić information content (AvgIpc) is 2.34. The highest BCUT2D eigenvalue weighted by Gasteiger charge is 2.14. The molecule has 1 aliphatic rings. The molecule has 0 bridgehead atoms. The summed E-state index contributed by atoms with van der Waals surface area (Å²) in [5.74, 6) is 0.670. The van der Waals surface area contributed by atoms with E-state index in [2.05, 4.69) is 11.9 Å². The van der Waals surface area contributed by atoms with Crippen molar-refractivity contribution in [3.63, 3.8) is 0 Å². The molecule has 11 heavy (non-hydrogen) atoms. The predicted octanol–water partition coefficient (Wildman–Crippen LogP) is 1.46. The first-order valence-electron chi connectivity index (χ1n) is 4.02. The normalized spacial score (nSPS) is 15.0. The van der Waals surface area contributed by atoms with Crippen molar-refractivity contribution < 1.29 is 0 Å². The Hall–Kier alpha value is -1.05. The van der Waals surface area contributed by atoms with Crippen LogP contribution in [0.15, 0.2) is 6.07 Å². The fourth-order valence-electron chi connectivity index (χ4n) is 1.77. The third-order valence-corrected chi connectivity index (χ3v) is 2.29. The third kappa shape index (κ3) is 0.985. The van der Waals surface area contributed by atoms with Crippen molar-refractivity contribution in [2.75, 3.05) is 5.73 Å². The molecule has 58 valence electrons. The lowest BCUT2D eigenvalue weighted by molar-refractivity contribution is 0.899. The number of aromatic nitrogens is 1. The molecule has 1 aliphatic carbocycles. The van der Waals surface area contributed by atoms with Gasteiger partial charge < -0.3 is 5.73 Å². The lowest BCUT2D eigenvalue weighted by atomic mass is 10.1. The van der Waals surface area contributed by atoms with Crippen molar-refractivity contribution in [3.05, 3.63) is 22.9 Å². The van der Waals surface area contributed by atoms with E-state index in [4.69, 9.17) is 5.73 Å². The molecular formula is C9H12N2. The van der Waals surface area contributed by atoms with E-state index in [1.54, 1.807) is 0 Å². The van der Waals surface area contributed by atoms with E-state index in [0.717, 1.165) is 6.42 Å². The molecule has 2 N–H and O–H groups in total. The number of pyridine rings is 1. The Morgan fingerprint density at radius 2 is 2.27 bits per heavy atom. The minimum Gasteiger partial charge on any atom is -0.384 e. The monoisotopic (exact) mass is 148 g/mol. The van der Waals surface area contributed by atoms with Crippen LogP contribution < -0.4 is 5.73 Å². The number of nitrogen functional groups attached to an aromatic ring is 1. The number of fused-ring (bicyclic) bond motifs is 1. The van der Waals surface area contributed by atoms with Crippen LogP contribution >= 0.6 is 0 Å². The van der Waals surface area contributed by atoms with Crippen molar-refractivity contribution in [2.45, 2.75) is 26.2 Å². The second-order valence-electron chi connectivity index (χ2n) is 3.14. The molecule has 0 fully saturated rings. The Labute approximate surface area is 66.4 Å². The van der Waals surface area contributed by atoms with Gasteiger partial charge in [0, 0.05) is 5.69 Å². The van der Waals surface area contributed by atoms with Crippen LogP contribution in [0.2, 0.25) is 0 Å². The minimum absolute atomic E-state index is 0.670. The molecule has 0 spiro atoms. The molecule has 2 heteroatoms. The molecule has 2 nitrogen and oxygen atoms in total. The SMILES string of the molecule is Cc1cc(N)nc2c1CCC2. The van der Waals surface area contributed by atoms with E-state index in [9.17, 15) is 0 Å². The number of hydrogen-bond donors (Lipinski definition) is 1. The van der Waals surface area contributed by atoms with Crippen LogP contribution in [0.4, 0.5) is 5.82 Å². The van der Waals surface area contributed by atoms with E-state index in [0.29, 0.717) is 5.82 Å². The van der Waals surface area contributed by atoms with Crippen molar-refractivity contribution in [1.82, 2.24) is 4.98 Å². The molecule has 1 aromatic rings. The molecule has 0 aromatic carbocycles. The summed E-state index contributed by atoms with van der Waals surface area (Å²) in [5, 5.41) is 0. The first kappa shape index (κ1) is 6.65. The average molecular weight is 148 g/mol. The molecule has 0 saturated heterocycles. The summed E-state index contributed by atoms with van der Waals surface area (Å²) in [6.45, 7) is 2.11. The molecule has 0 aliphatic heterocycles. The number of nitrogens with zero attached hydrogens (tertiary/aromatic N) is 1. The van der Waals surface area contributed by atoms with Crippen LogP contribution in [-0.4, -0.2) is 4.98 Å². The smallest absolute Gasteiger partial charge is 0.123 e. The first-order valence-corrected chi connectivity index (χ1v) is 4.02. The lowest BCUT2D eigenvalue weighted by Gasteiger charge is -2.03. The van der Waals surface area contributed by atoms with Gasteiger partial charge >= 0.3 is 0 Å². The molecule has 1 aromatic heterocycles. The van der Waals surface area contributed by atoms with Gasteiger partial charge in [-0.1, -0.05) is 0 Å². The van der Waals surface area contributed by atoms with Gasteiger partial charge in [-0.3, -0.25) is 0 Å². The van der Waals surface area contributed by atoms with Gasteiger partial charge in [0.1, 0.15) is 5.82 Å². The van der Waals surface area contributed by atoms with Gasteiger partial charge in [0.2, 0.25) is 0 Å². The van der Waals surface area contributed by atoms with E-state index < -0.39 is 0 Å². The zero-order chi connectivity index (χ0) is 7.84. The van der Waals surface area contributed by atoms with Crippen molar-refractivity contribution in [3.8, 4) is 0 Å². The maximum Gasteiger partial charge on any atom is 0.123 e. The number of rotatable bonds is 0. The molecule has 0 atom stereocenters. The van der Waals surface area contributed by atoms with Gasteiger partial charge in [-0.2, -0.15) is 0 Å². The molecular weight excluding hydrogens is 136 g/mol. The molecule has 0 saturated carbocycles. The summed E-state index contributed by atoms with van der Waals surface area (Å²) in [4.78, 5) is 4.29. The first-order chi connectivity index (χ1) is 5.27. The summed E-state index contributed by atoms with van der Waals surface area (Å²) in [6.07, 6.45) is 3.54. The summed E-state index contributed by atoms with van der Waals surface area (Å²) in [7, 11) is 0. The molecule has 1 heterocycles. The van der Waals surface area contributed by atoms with Crippen molar-refractivity contribution >= 4 is 5.82 Å². The Kier molecular flexibility index (Phi) is 1.34. The topological polar surface area (TPSA) is 38.9 Å². The van der Waals surface area contributed by atoms with Gasteiger partial charge in [-0.05, 0) is 43.4 Å². The maximum absolute atomic E-state index is 5.62. The van der Waals surface area contributed by atoms with E-state index in [1.165, 1.54) is 29.7 Å². The standard InChI is InChI=1S/C9H12N2/c1-6-5-9(10)11-8-4-2-3-7(6)8/h5H,2-4H2,1H3,(H2,10,11). The molecule has 0 unspecified atom stereocenters. The highest BCUT2D eigenvalue weighted by atomic mass is 14.8. The Bertz CT molecular complexity index is 292. The van der Waals surface area contributed by atoms with Crippen molar-refractivity contribution in [1.29, 1.82) is 0 Å². The van der Waals surface area contributed by atoms with E-state index >= 15 is 0 Å². The second-order valence-corrected chi connectivity index (χ2v) is 3.14. The number of nitrogens with two attached hydrogens (primary N) is 1. The van der Waals surface area contributed by atoms with Gasteiger partial charge in [-0.15, -0.1) is 0 Å². The number of hydrogen-bond acceptors (Lipinski definition) is 2. The number of anilines is 1. The third-order valence-electron chi connectivity index (χ3n) is 2.29. The molecule has 0 radical (unpaired) electrons. The van der Waals surface area contributed by atoms with Gasteiger partial charge in [0.25, 0.3) is 0 Å². The maximum atomic E-state index is 5.62. The van der Waals surface area contributed by atoms with Crippen LogP contribution in [0.3, 0.4) is 0 Å². The highest BCUT2D eigenvalue weighted by Crippen LogP contribution is 2.24. The largest absolute Gasteiger partial charge is 0.384 e. The van der Waals surface area contributed by atoms with Gasteiger partial charge in [0.05, 0.1) is 0 Å². The van der Waals surface area contributed by atoms with Gasteiger partial charge in [-0.25, -0.2) is 4.98 Å². The quantitative estimate of drug-likeness (QED) is 0.605. The lowest BCUT2D eigenvalue weighted by Crippen LogP contribution is -1.97. The van der Waals surface area contributed by atoms with Crippen LogP contribution in [0, 0.1) is 6.92 Å². The predicted molar refractivity (Wildman–Crippen MR) is 45.4 cm³/mol. The summed E-state index contributed by atoms with van der Waals surface area (Å²) >= 11 is 0. The Balaban J connectivity index is 2.60. The zero-order valence-electron chi connectivity index (χ0n) is 6.72. The van der Waals surface area contributed by atoms with E-state index in [-0.39, 0.29) is 0 Å². The fourth-order valence-corrected chi connectivity index (χ4v) is 1.77. The van der Waals surface area contributed by atoms with Crippen LogP contribution in [-0.2, 0) is 12.8 Å². The minimum atomic E-state index is 0.670.